The number of aliphatic carboxylic acids is 1. The summed E-state index contributed by atoms with van der Waals surface area (Å²) >= 11 is 0. The van der Waals surface area contributed by atoms with E-state index in [0.717, 1.165) is 43.7 Å². The van der Waals surface area contributed by atoms with Gasteiger partial charge in [-0.1, -0.05) is 20.8 Å². The number of carboxylic acid groups (broad SMARTS) is 1. The molecule has 0 aromatic carbocycles. The van der Waals surface area contributed by atoms with Gasteiger partial charge < -0.3 is 10.4 Å². The molecule has 0 spiro atoms. The van der Waals surface area contributed by atoms with Crippen LogP contribution in [0.3, 0.4) is 0 Å². The van der Waals surface area contributed by atoms with Gasteiger partial charge in [0.05, 0.1) is 6.54 Å². The van der Waals surface area contributed by atoms with Crippen molar-refractivity contribution >= 4 is 5.97 Å². The van der Waals surface area contributed by atoms with Gasteiger partial charge in [-0.15, -0.1) is 0 Å². The van der Waals surface area contributed by atoms with Crippen LogP contribution in [-0.4, -0.2) is 47.7 Å². The largest absolute Gasteiger partial charge is 0.480 e. The molecule has 0 aliphatic heterocycles. The van der Waals surface area contributed by atoms with Crippen molar-refractivity contribution in [2.75, 3.05) is 19.6 Å². The summed E-state index contributed by atoms with van der Waals surface area (Å²) in [5.74, 6) is 1.93. The minimum atomic E-state index is -0.708. The molecule has 2 N–H and O–H groups in total. The number of carboxylic acids is 1. The topological polar surface area (TPSA) is 52.6 Å². The van der Waals surface area contributed by atoms with E-state index in [2.05, 4.69) is 31.0 Å². The molecule has 0 unspecified atom stereocenters. The van der Waals surface area contributed by atoms with Crippen molar-refractivity contribution in [1.29, 1.82) is 0 Å². The van der Waals surface area contributed by atoms with Crippen LogP contribution >= 0.6 is 0 Å². The van der Waals surface area contributed by atoms with Gasteiger partial charge >= 0.3 is 5.97 Å². The predicted octanol–water partition coefficient (Wildman–Crippen LogP) is 2.98. The van der Waals surface area contributed by atoms with Crippen molar-refractivity contribution in [1.82, 2.24) is 10.2 Å². The Hall–Kier alpha value is -0.610. The molecule has 0 heterocycles. The highest BCUT2D eigenvalue weighted by atomic mass is 16.4. The number of rotatable bonds is 8. The maximum Gasteiger partial charge on any atom is 0.317 e. The van der Waals surface area contributed by atoms with Gasteiger partial charge in [0.15, 0.2) is 0 Å². The zero-order valence-corrected chi connectivity index (χ0v) is 14.6. The van der Waals surface area contributed by atoms with E-state index in [1.165, 1.54) is 25.7 Å². The first-order valence-corrected chi connectivity index (χ1v) is 9.18. The van der Waals surface area contributed by atoms with Crippen molar-refractivity contribution in [2.24, 2.45) is 17.8 Å². The lowest BCUT2D eigenvalue weighted by Crippen LogP contribution is -2.54. The molecule has 22 heavy (non-hydrogen) atoms. The summed E-state index contributed by atoms with van der Waals surface area (Å²) in [7, 11) is 0. The normalized spacial score (nSPS) is 32.2. The second-order valence-corrected chi connectivity index (χ2v) is 7.71. The zero-order chi connectivity index (χ0) is 16.1. The second kappa shape index (κ2) is 8.30. The molecule has 2 aliphatic carbocycles. The fourth-order valence-electron chi connectivity index (χ4n) is 4.12. The fourth-order valence-corrected chi connectivity index (χ4v) is 4.12. The lowest BCUT2D eigenvalue weighted by molar-refractivity contribution is -0.139. The Bertz CT molecular complexity index is 345. The first-order chi connectivity index (χ1) is 10.5. The smallest absolute Gasteiger partial charge is 0.317 e. The molecule has 2 rings (SSSR count). The van der Waals surface area contributed by atoms with Crippen LogP contribution < -0.4 is 5.32 Å². The van der Waals surface area contributed by atoms with E-state index in [-0.39, 0.29) is 6.54 Å². The summed E-state index contributed by atoms with van der Waals surface area (Å²) in [6, 6.07) is 1.07. The van der Waals surface area contributed by atoms with Gasteiger partial charge in [-0.3, -0.25) is 9.69 Å². The third-order valence-electron chi connectivity index (χ3n) is 5.90. The summed E-state index contributed by atoms with van der Waals surface area (Å²) in [5.41, 5.74) is 0. The summed E-state index contributed by atoms with van der Waals surface area (Å²) in [6.07, 6.45) is 7.79. The van der Waals surface area contributed by atoms with Gasteiger partial charge in [-0.05, 0) is 69.4 Å². The van der Waals surface area contributed by atoms with Crippen LogP contribution in [0.15, 0.2) is 0 Å². The number of hydrogen-bond donors (Lipinski definition) is 2. The molecule has 0 amide bonds. The summed E-state index contributed by atoms with van der Waals surface area (Å²) in [5, 5.41) is 12.6. The second-order valence-electron chi connectivity index (χ2n) is 7.71. The Labute approximate surface area is 135 Å². The summed E-state index contributed by atoms with van der Waals surface area (Å²) in [6.45, 7) is 8.95. The van der Waals surface area contributed by atoms with E-state index >= 15 is 0 Å². The Kier molecular flexibility index (Phi) is 6.69. The molecule has 2 saturated carbocycles. The molecule has 0 radical (unpaired) electrons. The standard InChI is InChI=1S/C18H34N2O2/c1-4-20(12-18(21)22)17-9-16(10-17)19-11-14-5-7-15(8-6-14)13(2)3/h13-17,19H,4-12H2,1-3H3,(H,21,22). The van der Waals surface area contributed by atoms with Crippen molar-refractivity contribution < 1.29 is 9.90 Å². The number of nitrogens with one attached hydrogen (secondary N) is 1. The highest BCUT2D eigenvalue weighted by molar-refractivity contribution is 5.69. The van der Waals surface area contributed by atoms with Crippen molar-refractivity contribution in [3.63, 3.8) is 0 Å². The van der Waals surface area contributed by atoms with Crippen LogP contribution in [0, 0.1) is 17.8 Å². The summed E-state index contributed by atoms with van der Waals surface area (Å²) < 4.78 is 0. The molecule has 0 aromatic heterocycles. The maximum absolute atomic E-state index is 10.8. The molecule has 2 aliphatic rings. The van der Waals surface area contributed by atoms with E-state index in [1.807, 2.05) is 0 Å². The summed E-state index contributed by atoms with van der Waals surface area (Å²) in [4.78, 5) is 12.9. The van der Waals surface area contributed by atoms with Crippen LogP contribution in [0.2, 0.25) is 0 Å². The molecule has 128 valence electrons. The number of hydrogen-bond acceptors (Lipinski definition) is 3. The molecule has 0 aromatic rings. The molecule has 0 atom stereocenters. The van der Waals surface area contributed by atoms with Gasteiger partial charge in [0.25, 0.3) is 0 Å². The van der Waals surface area contributed by atoms with Crippen molar-refractivity contribution in [3.05, 3.63) is 0 Å². The Morgan fingerprint density at radius 2 is 1.86 bits per heavy atom. The molecular weight excluding hydrogens is 276 g/mol. The maximum atomic E-state index is 10.8. The lowest BCUT2D eigenvalue weighted by atomic mass is 9.76. The Balaban J connectivity index is 1.59. The molecule has 4 heteroatoms. The average Bonchev–Trinajstić information content (AvgIpc) is 2.44. The predicted molar refractivity (Wildman–Crippen MR) is 90.0 cm³/mol. The van der Waals surface area contributed by atoms with Gasteiger partial charge in [-0.2, -0.15) is 0 Å². The zero-order valence-electron chi connectivity index (χ0n) is 14.6. The van der Waals surface area contributed by atoms with Crippen LogP contribution in [0.25, 0.3) is 0 Å². The molecule has 4 nitrogen and oxygen atoms in total. The Morgan fingerprint density at radius 3 is 2.36 bits per heavy atom. The van der Waals surface area contributed by atoms with E-state index in [0.29, 0.717) is 12.1 Å². The van der Waals surface area contributed by atoms with Gasteiger partial charge in [0.2, 0.25) is 0 Å². The quantitative estimate of drug-likeness (QED) is 0.724. The van der Waals surface area contributed by atoms with Crippen LogP contribution in [0.4, 0.5) is 0 Å². The van der Waals surface area contributed by atoms with Gasteiger partial charge in [0.1, 0.15) is 0 Å². The molecule has 2 fully saturated rings. The molecule has 0 bridgehead atoms. The van der Waals surface area contributed by atoms with Crippen LogP contribution in [0.1, 0.15) is 59.3 Å². The SMILES string of the molecule is CCN(CC(=O)O)C1CC(NCC2CCC(C(C)C)CC2)C1. The average molecular weight is 310 g/mol. The Morgan fingerprint density at radius 1 is 1.23 bits per heavy atom. The third-order valence-corrected chi connectivity index (χ3v) is 5.90. The highest BCUT2D eigenvalue weighted by Gasteiger charge is 2.34. The van der Waals surface area contributed by atoms with E-state index in [4.69, 9.17) is 5.11 Å². The number of likely N-dealkylation sites (N-methyl/N-ethyl adjacent to an activating group) is 1. The van der Waals surface area contributed by atoms with Gasteiger partial charge in [-0.25, -0.2) is 0 Å². The van der Waals surface area contributed by atoms with Crippen molar-refractivity contribution in [3.8, 4) is 0 Å². The number of nitrogens with zero attached hydrogens (tertiary/aromatic N) is 1. The van der Waals surface area contributed by atoms with E-state index in [1.54, 1.807) is 0 Å². The minimum absolute atomic E-state index is 0.188. The van der Waals surface area contributed by atoms with Crippen LogP contribution in [0.5, 0.6) is 0 Å². The first kappa shape index (κ1) is 17.7. The third kappa shape index (κ3) is 4.95. The minimum Gasteiger partial charge on any atom is -0.480 e. The molecule has 0 saturated heterocycles. The van der Waals surface area contributed by atoms with Crippen LogP contribution in [-0.2, 0) is 4.79 Å². The van der Waals surface area contributed by atoms with Gasteiger partial charge in [0, 0.05) is 12.1 Å². The van der Waals surface area contributed by atoms with E-state index < -0.39 is 5.97 Å². The lowest BCUT2D eigenvalue weighted by Gasteiger charge is -2.43. The number of carbonyl (C=O) groups is 1. The van der Waals surface area contributed by atoms with E-state index in [9.17, 15) is 4.79 Å². The molecular formula is C18H34N2O2. The van der Waals surface area contributed by atoms with Crippen molar-refractivity contribution in [2.45, 2.75) is 71.4 Å². The highest BCUT2D eigenvalue weighted by Crippen LogP contribution is 2.33. The monoisotopic (exact) mass is 310 g/mol. The fraction of sp³-hybridized carbons (Fsp3) is 0.944. The first-order valence-electron chi connectivity index (χ1n) is 9.18.